The number of carbonyl (C=O) groups excluding carboxylic acids is 1. The van der Waals surface area contributed by atoms with Crippen LogP contribution in [0.4, 0.5) is 0 Å². The van der Waals surface area contributed by atoms with Crippen molar-refractivity contribution in [2.24, 2.45) is 0 Å². The summed E-state index contributed by atoms with van der Waals surface area (Å²) in [4.78, 5) is 14.5. The fourth-order valence-electron chi connectivity index (χ4n) is 2.68. The summed E-state index contributed by atoms with van der Waals surface area (Å²) < 4.78 is 0.934. The van der Waals surface area contributed by atoms with Crippen molar-refractivity contribution in [3.8, 4) is 0 Å². The number of likely N-dealkylation sites (tertiary alicyclic amines) is 1. The zero-order chi connectivity index (χ0) is 13.7. The topological polar surface area (TPSA) is 40.5 Å². The van der Waals surface area contributed by atoms with E-state index >= 15 is 0 Å². The summed E-state index contributed by atoms with van der Waals surface area (Å²) in [6.45, 7) is 1.62. The fraction of sp³-hybridized carbons (Fsp3) is 0.533. The first-order valence-electron chi connectivity index (χ1n) is 6.84. The third kappa shape index (κ3) is 4.13. The van der Waals surface area contributed by atoms with E-state index in [1.165, 1.54) is 6.42 Å². The smallest absolute Gasteiger partial charge is 0.176 e. The third-order valence-electron chi connectivity index (χ3n) is 3.70. The minimum atomic E-state index is 0.158. The number of benzene rings is 1. The van der Waals surface area contributed by atoms with Crippen LogP contribution in [0.1, 0.15) is 36.0 Å². The number of halogens is 1. The summed E-state index contributed by atoms with van der Waals surface area (Å²) in [7, 11) is 0. The van der Waals surface area contributed by atoms with Crippen LogP contribution in [0.15, 0.2) is 28.7 Å². The minimum Gasteiger partial charge on any atom is -0.396 e. The molecule has 0 amide bonds. The van der Waals surface area contributed by atoms with Gasteiger partial charge >= 0.3 is 0 Å². The number of hydrogen-bond acceptors (Lipinski definition) is 3. The Labute approximate surface area is 122 Å². The molecule has 1 fully saturated rings. The van der Waals surface area contributed by atoms with E-state index in [-0.39, 0.29) is 12.4 Å². The molecule has 1 heterocycles. The Morgan fingerprint density at radius 3 is 3.00 bits per heavy atom. The van der Waals surface area contributed by atoms with E-state index < -0.39 is 0 Å². The average Bonchev–Trinajstić information content (AvgIpc) is 2.41. The second-order valence-electron chi connectivity index (χ2n) is 5.07. The third-order valence-corrected chi connectivity index (χ3v) is 4.20. The molecule has 1 saturated heterocycles. The molecular weight excluding hydrogens is 306 g/mol. The second kappa shape index (κ2) is 7.17. The van der Waals surface area contributed by atoms with Crippen LogP contribution in [-0.2, 0) is 0 Å². The number of hydrogen-bond donors (Lipinski definition) is 1. The molecule has 1 aliphatic heterocycles. The number of rotatable bonds is 5. The second-order valence-corrected chi connectivity index (χ2v) is 5.98. The van der Waals surface area contributed by atoms with Gasteiger partial charge in [-0.05, 0) is 37.9 Å². The van der Waals surface area contributed by atoms with Gasteiger partial charge in [-0.1, -0.05) is 34.5 Å². The number of aliphatic hydroxyl groups excluding tert-OH is 1. The molecular formula is C15H20BrNO2. The molecule has 104 valence electrons. The fourth-order valence-corrected chi connectivity index (χ4v) is 3.08. The molecule has 4 heteroatoms. The number of ketones is 1. The highest BCUT2D eigenvalue weighted by Crippen LogP contribution is 2.20. The Morgan fingerprint density at radius 1 is 1.42 bits per heavy atom. The van der Waals surface area contributed by atoms with E-state index in [4.69, 9.17) is 5.11 Å². The van der Waals surface area contributed by atoms with Crippen molar-refractivity contribution >= 4 is 21.7 Å². The molecule has 0 aromatic heterocycles. The van der Waals surface area contributed by atoms with Gasteiger partial charge in [-0.15, -0.1) is 0 Å². The molecule has 1 aromatic rings. The lowest BCUT2D eigenvalue weighted by Gasteiger charge is -2.34. The molecule has 1 aromatic carbocycles. The maximum Gasteiger partial charge on any atom is 0.176 e. The van der Waals surface area contributed by atoms with E-state index in [2.05, 4.69) is 20.8 Å². The van der Waals surface area contributed by atoms with Crippen LogP contribution in [0.5, 0.6) is 0 Å². The summed E-state index contributed by atoms with van der Waals surface area (Å²) in [5.74, 6) is 0.158. The Balaban J connectivity index is 2.00. The van der Waals surface area contributed by atoms with Crippen molar-refractivity contribution in [1.82, 2.24) is 4.90 Å². The molecule has 1 unspecified atom stereocenters. The van der Waals surface area contributed by atoms with Crippen molar-refractivity contribution in [2.45, 2.75) is 31.7 Å². The monoisotopic (exact) mass is 325 g/mol. The molecule has 1 aliphatic rings. The van der Waals surface area contributed by atoms with Gasteiger partial charge in [0.25, 0.3) is 0 Å². The van der Waals surface area contributed by atoms with Crippen LogP contribution in [-0.4, -0.2) is 41.5 Å². The Morgan fingerprint density at radius 2 is 2.26 bits per heavy atom. The number of piperidine rings is 1. The lowest BCUT2D eigenvalue weighted by molar-refractivity contribution is 0.0799. The zero-order valence-corrected chi connectivity index (χ0v) is 12.6. The van der Waals surface area contributed by atoms with Gasteiger partial charge in [-0.2, -0.15) is 0 Å². The summed E-state index contributed by atoms with van der Waals surface area (Å²) in [6.07, 6.45) is 4.21. The van der Waals surface area contributed by atoms with Gasteiger partial charge in [0.05, 0.1) is 6.54 Å². The molecule has 3 nitrogen and oxygen atoms in total. The van der Waals surface area contributed by atoms with E-state index in [0.717, 1.165) is 35.8 Å². The van der Waals surface area contributed by atoms with Crippen molar-refractivity contribution in [3.63, 3.8) is 0 Å². The first-order chi connectivity index (χ1) is 9.20. The quantitative estimate of drug-likeness (QED) is 0.846. The number of nitrogens with zero attached hydrogens (tertiary/aromatic N) is 1. The van der Waals surface area contributed by atoms with Crippen LogP contribution < -0.4 is 0 Å². The normalized spacial score (nSPS) is 20.4. The van der Waals surface area contributed by atoms with Crippen LogP contribution >= 0.6 is 15.9 Å². The first-order valence-corrected chi connectivity index (χ1v) is 7.63. The van der Waals surface area contributed by atoms with Gasteiger partial charge in [-0.3, -0.25) is 9.69 Å². The van der Waals surface area contributed by atoms with Crippen LogP contribution in [0.25, 0.3) is 0 Å². The van der Waals surface area contributed by atoms with Gasteiger partial charge in [0.2, 0.25) is 0 Å². The van der Waals surface area contributed by atoms with Gasteiger partial charge in [0.1, 0.15) is 0 Å². The van der Waals surface area contributed by atoms with Gasteiger partial charge in [-0.25, -0.2) is 0 Å². The van der Waals surface area contributed by atoms with E-state index in [1.807, 2.05) is 24.3 Å². The molecule has 1 N–H and O–H groups in total. The summed E-state index contributed by atoms with van der Waals surface area (Å²) in [5, 5.41) is 9.11. The first kappa shape index (κ1) is 14.7. The highest BCUT2D eigenvalue weighted by Gasteiger charge is 2.24. The minimum absolute atomic E-state index is 0.158. The highest BCUT2D eigenvalue weighted by molar-refractivity contribution is 9.10. The molecule has 0 aliphatic carbocycles. The van der Waals surface area contributed by atoms with Gasteiger partial charge < -0.3 is 5.11 Å². The van der Waals surface area contributed by atoms with Crippen molar-refractivity contribution < 1.29 is 9.90 Å². The van der Waals surface area contributed by atoms with Crippen molar-refractivity contribution in [1.29, 1.82) is 0 Å². The number of aliphatic hydroxyl groups is 1. The zero-order valence-electron chi connectivity index (χ0n) is 11.0. The largest absolute Gasteiger partial charge is 0.396 e. The summed E-state index contributed by atoms with van der Waals surface area (Å²) in [6, 6.07) is 7.89. The Kier molecular flexibility index (Phi) is 5.55. The Bertz CT molecular complexity index is 434. The number of carbonyl (C=O) groups is 1. The van der Waals surface area contributed by atoms with Crippen molar-refractivity contribution in [2.75, 3.05) is 19.7 Å². The summed E-state index contributed by atoms with van der Waals surface area (Å²) in [5.41, 5.74) is 0.752. The van der Waals surface area contributed by atoms with Gasteiger partial charge in [0.15, 0.2) is 5.78 Å². The molecule has 0 bridgehead atoms. The highest BCUT2D eigenvalue weighted by atomic mass is 79.9. The molecule has 0 saturated carbocycles. The van der Waals surface area contributed by atoms with E-state index in [1.54, 1.807) is 0 Å². The van der Waals surface area contributed by atoms with Crippen LogP contribution in [0.2, 0.25) is 0 Å². The molecule has 0 radical (unpaired) electrons. The number of Topliss-reactive ketones (excluding diaryl/α,β-unsaturated/α-hetero) is 1. The standard InChI is InChI=1S/C15H20BrNO2/c16-13-5-3-4-12(10-13)15(19)11-17-8-2-1-6-14(17)7-9-18/h3-5,10,14,18H,1-2,6-9,11H2. The predicted octanol–water partition coefficient (Wildman–Crippen LogP) is 2.87. The van der Waals surface area contributed by atoms with Crippen LogP contribution in [0.3, 0.4) is 0 Å². The maximum atomic E-state index is 12.3. The molecule has 2 rings (SSSR count). The Hall–Kier alpha value is -0.710. The van der Waals surface area contributed by atoms with Crippen LogP contribution in [0, 0.1) is 0 Å². The maximum absolute atomic E-state index is 12.3. The van der Waals surface area contributed by atoms with Crippen molar-refractivity contribution in [3.05, 3.63) is 34.3 Å². The van der Waals surface area contributed by atoms with E-state index in [9.17, 15) is 4.79 Å². The molecule has 1 atom stereocenters. The van der Waals surface area contributed by atoms with Gasteiger partial charge in [0, 0.05) is 22.7 Å². The average molecular weight is 326 g/mol. The summed E-state index contributed by atoms with van der Waals surface area (Å²) >= 11 is 3.39. The lowest BCUT2D eigenvalue weighted by atomic mass is 9.98. The SMILES string of the molecule is O=C(CN1CCCCC1CCO)c1cccc(Br)c1. The predicted molar refractivity (Wildman–Crippen MR) is 79.4 cm³/mol. The molecule has 0 spiro atoms. The van der Waals surface area contributed by atoms with E-state index in [0.29, 0.717) is 12.6 Å². The lowest BCUT2D eigenvalue weighted by Crippen LogP contribution is -2.43. The molecule has 19 heavy (non-hydrogen) atoms.